The lowest BCUT2D eigenvalue weighted by Crippen LogP contribution is -2.30. The van der Waals surface area contributed by atoms with Gasteiger partial charge in [0.2, 0.25) is 10.0 Å². The number of pyridine rings is 1. The Hall–Kier alpha value is -2.33. The number of rotatable bonds is 6. The van der Waals surface area contributed by atoms with Gasteiger partial charge in [-0.15, -0.1) is 0 Å². The zero-order chi connectivity index (χ0) is 19.7. The van der Waals surface area contributed by atoms with Crippen LogP contribution < -0.4 is 9.60 Å². The molecule has 0 saturated heterocycles. The third kappa shape index (κ3) is 3.79. The number of benzene rings is 1. The van der Waals surface area contributed by atoms with Crippen molar-refractivity contribution in [1.82, 2.24) is 14.3 Å². The van der Waals surface area contributed by atoms with E-state index >= 15 is 0 Å². The van der Waals surface area contributed by atoms with Crippen molar-refractivity contribution in [2.24, 2.45) is 7.05 Å². The van der Waals surface area contributed by atoms with Gasteiger partial charge in [-0.25, -0.2) is 13.1 Å². The molecule has 6 nitrogen and oxygen atoms in total. The number of aromatic nitrogens is 2. The standard InChI is InChI=1S/C19H17N3O3S3/c1-22-17-5-4-15(10-18(17)27-19(22)23)28(24,25)21-16(9-13-6-8-26-12-13)14-3-2-7-20-11-14/h2-8,10-12,16,21H,9H2,1H3/t16-/m1/s1. The lowest BCUT2D eigenvalue weighted by atomic mass is 10.0. The summed E-state index contributed by atoms with van der Waals surface area (Å²) < 4.78 is 31.1. The molecule has 3 heterocycles. The molecule has 0 amide bonds. The topological polar surface area (TPSA) is 81.1 Å². The minimum atomic E-state index is -3.78. The van der Waals surface area contributed by atoms with Crippen LogP contribution in [0.25, 0.3) is 10.2 Å². The summed E-state index contributed by atoms with van der Waals surface area (Å²) in [5, 5.41) is 3.97. The fraction of sp³-hybridized carbons (Fsp3) is 0.158. The molecule has 3 aromatic heterocycles. The Balaban J connectivity index is 1.69. The van der Waals surface area contributed by atoms with Gasteiger partial charge < -0.3 is 4.57 Å². The van der Waals surface area contributed by atoms with Crippen LogP contribution in [0.2, 0.25) is 0 Å². The summed E-state index contributed by atoms with van der Waals surface area (Å²) in [6, 6.07) is 9.93. The number of nitrogens with zero attached hydrogens (tertiary/aromatic N) is 2. The Morgan fingerprint density at radius 3 is 2.82 bits per heavy atom. The van der Waals surface area contributed by atoms with Gasteiger partial charge in [-0.1, -0.05) is 17.4 Å². The molecule has 0 aliphatic carbocycles. The molecular formula is C19H17N3O3S3. The van der Waals surface area contributed by atoms with Gasteiger partial charge in [-0.05, 0) is 58.6 Å². The molecule has 0 spiro atoms. The van der Waals surface area contributed by atoms with Crippen molar-refractivity contribution >= 4 is 42.9 Å². The van der Waals surface area contributed by atoms with Crippen molar-refractivity contribution in [3.05, 3.63) is 80.3 Å². The van der Waals surface area contributed by atoms with Crippen LogP contribution in [0.4, 0.5) is 0 Å². The predicted molar refractivity (Wildman–Crippen MR) is 112 cm³/mol. The first-order valence-corrected chi connectivity index (χ1v) is 11.7. The maximum atomic E-state index is 13.1. The number of hydrogen-bond donors (Lipinski definition) is 1. The Bertz CT molecular complexity index is 1260. The van der Waals surface area contributed by atoms with Crippen LogP contribution in [0.15, 0.2) is 69.2 Å². The van der Waals surface area contributed by atoms with Crippen molar-refractivity contribution in [2.45, 2.75) is 17.4 Å². The number of hydrogen-bond acceptors (Lipinski definition) is 6. The molecule has 1 atom stereocenters. The first-order valence-electron chi connectivity index (χ1n) is 8.47. The van der Waals surface area contributed by atoms with Gasteiger partial charge in [0, 0.05) is 19.4 Å². The summed E-state index contributed by atoms with van der Waals surface area (Å²) in [5.74, 6) is 0. The van der Waals surface area contributed by atoms with Crippen molar-refractivity contribution in [3.8, 4) is 0 Å². The van der Waals surface area contributed by atoms with E-state index in [-0.39, 0.29) is 9.77 Å². The van der Waals surface area contributed by atoms with E-state index in [4.69, 9.17) is 0 Å². The highest BCUT2D eigenvalue weighted by atomic mass is 32.2. The monoisotopic (exact) mass is 431 g/mol. The first kappa shape index (κ1) is 19.0. The summed E-state index contributed by atoms with van der Waals surface area (Å²) >= 11 is 2.61. The second-order valence-electron chi connectivity index (χ2n) is 6.35. The molecule has 144 valence electrons. The van der Waals surface area contributed by atoms with Gasteiger partial charge in [0.25, 0.3) is 0 Å². The van der Waals surface area contributed by atoms with Crippen LogP contribution in [-0.2, 0) is 23.5 Å². The van der Waals surface area contributed by atoms with E-state index in [1.54, 1.807) is 49.0 Å². The van der Waals surface area contributed by atoms with Gasteiger partial charge in [0.1, 0.15) is 0 Å². The van der Waals surface area contributed by atoms with E-state index in [0.29, 0.717) is 11.1 Å². The van der Waals surface area contributed by atoms with Crippen LogP contribution >= 0.6 is 22.7 Å². The number of fused-ring (bicyclic) bond motifs is 1. The molecule has 4 rings (SSSR count). The highest BCUT2D eigenvalue weighted by Crippen LogP contribution is 2.25. The molecule has 1 aromatic carbocycles. The lowest BCUT2D eigenvalue weighted by Gasteiger charge is -2.18. The second-order valence-corrected chi connectivity index (χ2v) is 9.84. The second kappa shape index (κ2) is 7.59. The largest absolute Gasteiger partial charge is 0.307 e. The maximum Gasteiger partial charge on any atom is 0.307 e. The highest BCUT2D eigenvalue weighted by Gasteiger charge is 2.23. The van der Waals surface area contributed by atoms with E-state index in [0.717, 1.165) is 28.0 Å². The Kier molecular flexibility index (Phi) is 5.15. The van der Waals surface area contributed by atoms with Gasteiger partial charge in [-0.2, -0.15) is 11.3 Å². The molecule has 9 heteroatoms. The summed E-state index contributed by atoms with van der Waals surface area (Å²) in [7, 11) is -2.11. The van der Waals surface area contributed by atoms with Gasteiger partial charge in [0.05, 0.1) is 21.2 Å². The predicted octanol–water partition coefficient (Wildman–Crippen LogP) is 3.32. The summed E-state index contributed by atoms with van der Waals surface area (Å²) in [6.45, 7) is 0. The molecule has 4 aromatic rings. The van der Waals surface area contributed by atoms with Crippen LogP contribution in [0.1, 0.15) is 17.2 Å². The van der Waals surface area contributed by atoms with E-state index < -0.39 is 16.1 Å². The van der Waals surface area contributed by atoms with Crippen LogP contribution in [-0.4, -0.2) is 18.0 Å². The highest BCUT2D eigenvalue weighted by molar-refractivity contribution is 7.89. The molecule has 0 radical (unpaired) electrons. The van der Waals surface area contributed by atoms with E-state index in [1.807, 2.05) is 22.9 Å². The quantitative estimate of drug-likeness (QED) is 0.508. The van der Waals surface area contributed by atoms with Crippen molar-refractivity contribution in [3.63, 3.8) is 0 Å². The number of thiazole rings is 1. The van der Waals surface area contributed by atoms with Crippen LogP contribution in [0.3, 0.4) is 0 Å². The minimum absolute atomic E-state index is 0.122. The van der Waals surface area contributed by atoms with Crippen molar-refractivity contribution in [1.29, 1.82) is 0 Å². The first-order chi connectivity index (χ1) is 13.4. The Labute approximate surface area is 170 Å². The fourth-order valence-electron chi connectivity index (χ4n) is 2.99. The Morgan fingerprint density at radius 1 is 1.25 bits per heavy atom. The SMILES string of the molecule is Cn1c(=O)sc2cc(S(=O)(=O)N[C@H](Cc3ccsc3)c3cccnc3)ccc21. The molecule has 0 fully saturated rings. The normalized spacial score (nSPS) is 13.0. The average molecular weight is 432 g/mol. The van der Waals surface area contributed by atoms with E-state index in [9.17, 15) is 13.2 Å². The summed E-state index contributed by atoms with van der Waals surface area (Å²) in [5.41, 5.74) is 2.57. The maximum absolute atomic E-state index is 13.1. The van der Waals surface area contributed by atoms with Crippen LogP contribution in [0, 0.1) is 0 Å². The number of thiophene rings is 1. The summed E-state index contributed by atoms with van der Waals surface area (Å²) in [4.78, 5) is 16.0. The molecular weight excluding hydrogens is 414 g/mol. The van der Waals surface area contributed by atoms with Gasteiger partial charge in [0.15, 0.2) is 0 Å². The zero-order valence-electron chi connectivity index (χ0n) is 14.9. The van der Waals surface area contributed by atoms with E-state index in [1.165, 1.54) is 10.6 Å². The molecule has 28 heavy (non-hydrogen) atoms. The van der Waals surface area contributed by atoms with Crippen molar-refractivity contribution in [2.75, 3.05) is 0 Å². The number of aryl methyl sites for hydroxylation is 1. The smallest absolute Gasteiger partial charge is 0.302 e. The number of sulfonamides is 1. The van der Waals surface area contributed by atoms with Crippen LogP contribution in [0.5, 0.6) is 0 Å². The lowest BCUT2D eigenvalue weighted by molar-refractivity contribution is 0.554. The molecule has 0 unspecified atom stereocenters. The molecule has 0 saturated carbocycles. The molecule has 0 aliphatic rings. The minimum Gasteiger partial charge on any atom is -0.302 e. The Morgan fingerprint density at radius 2 is 2.11 bits per heavy atom. The number of nitrogens with one attached hydrogen (secondary N) is 1. The van der Waals surface area contributed by atoms with E-state index in [2.05, 4.69) is 9.71 Å². The van der Waals surface area contributed by atoms with Gasteiger partial charge in [-0.3, -0.25) is 9.78 Å². The van der Waals surface area contributed by atoms with Crippen molar-refractivity contribution < 1.29 is 8.42 Å². The summed E-state index contributed by atoms with van der Waals surface area (Å²) in [6.07, 6.45) is 3.85. The third-order valence-electron chi connectivity index (χ3n) is 4.48. The average Bonchev–Trinajstić information content (AvgIpc) is 3.30. The zero-order valence-corrected chi connectivity index (χ0v) is 17.4. The molecule has 1 N–H and O–H groups in total. The third-order valence-corrected chi connectivity index (χ3v) is 7.67. The fourth-order valence-corrected chi connectivity index (χ4v) is 5.92. The van der Waals surface area contributed by atoms with Gasteiger partial charge >= 0.3 is 4.87 Å². The molecule has 0 bridgehead atoms. The molecule has 0 aliphatic heterocycles.